The SMILES string of the molecule is O=C(CCc1cnc(NC(=O)OCC2c3ccccc3-c3ccccc32)s1)N[C@@H](CCO)C(=O)O. The number of benzene rings is 2. The second-order valence-electron chi connectivity index (χ2n) is 8.05. The number of aromatic nitrogens is 1. The Morgan fingerprint density at radius 2 is 1.71 bits per heavy atom. The van der Waals surface area contributed by atoms with Crippen LogP contribution in [0.2, 0.25) is 0 Å². The molecule has 182 valence electrons. The lowest BCUT2D eigenvalue weighted by atomic mass is 9.98. The fourth-order valence-electron chi connectivity index (χ4n) is 4.09. The standard InChI is InChI=1S/C25H25N3O6S/c29-12-11-21(23(31)32)27-22(30)10-9-15-13-26-24(35-15)28-25(33)34-14-20-18-7-3-1-5-16(18)17-6-2-4-8-19(17)20/h1-8,13,20-21,29H,9-12,14H2,(H,27,30)(H,31,32)(H,26,28,33)/t21-/m0/s1. The van der Waals surface area contributed by atoms with Gasteiger partial charge in [0.1, 0.15) is 12.6 Å². The second-order valence-corrected chi connectivity index (χ2v) is 9.17. The van der Waals surface area contributed by atoms with Crippen molar-refractivity contribution >= 4 is 34.4 Å². The van der Waals surface area contributed by atoms with E-state index in [0.29, 0.717) is 11.6 Å². The minimum absolute atomic E-state index is 0.0426. The molecule has 4 N–H and O–H groups in total. The number of aryl methyl sites for hydroxylation is 1. The van der Waals surface area contributed by atoms with Gasteiger partial charge in [0.05, 0.1) is 0 Å². The molecule has 35 heavy (non-hydrogen) atoms. The number of anilines is 1. The molecule has 10 heteroatoms. The van der Waals surface area contributed by atoms with Crippen molar-refractivity contribution in [3.8, 4) is 11.1 Å². The van der Waals surface area contributed by atoms with Gasteiger partial charge in [-0.05, 0) is 28.7 Å². The minimum atomic E-state index is -1.19. The van der Waals surface area contributed by atoms with Gasteiger partial charge in [0.15, 0.2) is 5.13 Å². The van der Waals surface area contributed by atoms with Gasteiger partial charge in [-0.2, -0.15) is 0 Å². The Bertz CT molecular complexity index is 1180. The van der Waals surface area contributed by atoms with Crippen molar-refractivity contribution in [2.75, 3.05) is 18.5 Å². The zero-order valence-electron chi connectivity index (χ0n) is 18.8. The Labute approximate surface area is 205 Å². The van der Waals surface area contributed by atoms with E-state index in [-0.39, 0.29) is 32.0 Å². The van der Waals surface area contributed by atoms with E-state index >= 15 is 0 Å². The summed E-state index contributed by atoms with van der Waals surface area (Å²) in [5.41, 5.74) is 4.55. The fourth-order valence-corrected chi connectivity index (χ4v) is 4.89. The van der Waals surface area contributed by atoms with Crippen LogP contribution in [0.15, 0.2) is 54.7 Å². The predicted molar refractivity (Wildman–Crippen MR) is 130 cm³/mol. The molecular formula is C25H25N3O6S. The van der Waals surface area contributed by atoms with Crippen molar-refractivity contribution < 1.29 is 29.3 Å². The number of amides is 2. The third-order valence-corrected chi connectivity index (χ3v) is 6.73. The molecule has 3 aromatic rings. The molecule has 0 aliphatic heterocycles. The van der Waals surface area contributed by atoms with Crippen LogP contribution in [0.4, 0.5) is 9.93 Å². The van der Waals surface area contributed by atoms with Crippen molar-refractivity contribution in [1.82, 2.24) is 10.3 Å². The van der Waals surface area contributed by atoms with Crippen LogP contribution in [-0.4, -0.2) is 52.4 Å². The van der Waals surface area contributed by atoms with Crippen LogP contribution in [0.25, 0.3) is 11.1 Å². The summed E-state index contributed by atoms with van der Waals surface area (Å²) in [4.78, 5) is 40.4. The maximum atomic E-state index is 12.4. The highest BCUT2D eigenvalue weighted by atomic mass is 32.1. The Morgan fingerprint density at radius 1 is 1.06 bits per heavy atom. The largest absolute Gasteiger partial charge is 0.480 e. The Kier molecular flexibility index (Phi) is 7.74. The van der Waals surface area contributed by atoms with Crippen LogP contribution < -0.4 is 10.6 Å². The number of hydrogen-bond acceptors (Lipinski definition) is 7. The van der Waals surface area contributed by atoms with Crippen molar-refractivity contribution in [3.05, 3.63) is 70.7 Å². The number of aliphatic hydroxyl groups is 1. The summed E-state index contributed by atoms with van der Waals surface area (Å²) in [6.07, 6.45) is 1.28. The highest BCUT2D eigenvalue weighted by molar-refractivity contribution is 7.15. The Balaban J connectivity index is 1.28. The molecule has 0 saturated heterocycles. The molecule has 9 nitrogen and oxygen atoms in total. The van der Waals surface area contributed by atoms with Gasteiger partial charge >= 0.3 is 12.1 Å². The molecule has 1 aromatic heterocycles. The zero-order chi connectivity index (χ0) is 24.8. The van der Waals surface area contributed by atoms with Gasteiger partial charge < -0.3 is 20.3 Å². The number of aliphatic carboxylic acids is 1. The van der Waals surface area contributed by atoms with E-state index in [2.05, 4.69) is 27.8 Å². The topological polar surface area (TPSA) is 138 Å². The van der Waals surface area contributed by atoms with E-state index < -0.39 is 24.0 Å². The monoisotopic (exact) mass is 495 g/mol. The Morgan fingerprint density at radius 3 is 2.34 bits per heavy atom. The molecule has 0 bridgehead atoms. The van der Waals surface area contributed by atoms with Crippen LogP contribution in [0.1, 0.15) is 34.8 Å². The maximum Gasteiger partial charge on any atom is 0.413 e. The molecule has 0 unspecified atom stereocenters. The van der Waals surface area contributed by atoms with E-state index in [4.69, 9.17) is 14.9 Å². The second kappa shape index (κ2) is 11.1. The average molecular weight is 496 g/mol. The summed E-state index contributed by atoms with van der Waals surface area (Å²) >= 11 is 1.21. The number of rotatable bonds is 10. The molecule has 2 amide bonds. The lowest BCUT2D eigenvalue weighted by molar-refractivity contribution is -0.142. The number of ether oxygens (including phenoxy) is 1. The molecule has 0 radical (unpaired) electrons. The molecule has 0 saturated carbocycles. The molecule has 1 atom stereocenters. The van der Waals surface area contributed by atoms with Gasteiger partial charge in [-0.15, -0.1) is 11.3 Å². The van der Waals surface area contributed by atoms with E-state index in [1.165, 1.54) is 11.3 Å². The number of carbonyl (C=O) groups excluding carboxylic acids is 2. The summed E-state index contributed by atoms with van der Waals surface area (Å²) in [7, 11) is 0. The number of carbonyl (C=O) groups is 3. The third kappa shape index (κ3) is 5.84. The predicted octanol–water partition coefficient (Wildman–Crippen LogP) is 3.39. The van der Waals surface area contributed by atoms with Crippen LogP contribution >= 0.6 is 11.3 Å². The molecule has 1 heterocycles. The van der Waals surface area contributed by atoms with E-state index in [1.807, 2.05) is 36.4 Å². The summed E-state index contributed by atoms with van der Waals surface area (Å²) in [5, 5.41) is 23.3. The average Bonchev–Trinajstić information content (AvgIpc) is 3.43. The third-order valence-electron chi connectivity index (χ3n) is 5.76. The highest BCUT2D eigenvalue weighted by Crippen LogP contribution is 2.44. The van der Waals surface area contributed by atoms with Gasteiger partial charge in [-0.3, -0.25) is 10.1 Å². The number of carboxylic acid groups (broad SMARTS) is 1. The van der Waals surface area contributed by atoms with Gasteiger partial charge in [0, 0.05) is 36.4 Å². The normalized spacial score (nSPS) is 12.9. The van der Waals surface area contributed by atoms with E-state index in [0.717, 1.165) is 27.1 Å². The summed E-state index contributed by atoms with van der Waals surface area (Å²) in [6.45, 7) is -0.145. The first-order valence-electron chi connectivity index (χ1n) is 11.2. The number of fused-ring (bicyclic) bond motifs is 3. The van der Waals surface area contributed by atoms with Gasteiger partial charge in [0.25, 0.3) is 0 Å². The maximum absolute atomic E-state index is 12.4. The van der Waals surface area contributed by atoms with E-state index in [1.54, 1.807) is 6.20 Å². The Hall–Kier alpha value is -3.76. The number of carboxylic acids is 1. The number of nitrogens with one attached hydrogen (secondary N) is 2. The number of hydrogen-bond donors (Lipinski definition) is 4. The first-order valence-corrected chi connectivity index (χ1v) is 12.0. The molecule has 2 aromatic carbocycles. The number of nitrogens with zero attached hydrogens (tertiary/aromatic N) is 1. The van der Waals surface area contributed by atoms with Crippen molar-refractivity contribution in [2.45, 2.75) is 31.2 Å². The van der Waals surface area contributed by atoms with Gasteiger partial charge in [-0.25, -0.2) is 14.6 Å². The molecule has 1 aliphatic carbocycles. The first kappa shape index (κ1) is 24.4. The molecular weight excluding hydrogens is 470 g/mol. The van der Waals surface area contributed by atoms with Crippen molar-refractivity contribution in [2.24, 2.45) is 0 Å². The van der Waals surface area contributed by atoms with Crippen molar-refractivity contribution in [3.63, 3.8) is 0 Å². The first-order chi connectivity index (χ1) is 17.0. The lowest BCUT2D eigenvalue weighted by Crippen LogP contribution is -2.41. The van der Waals surface area contributed by atoms with Gasteiger partial charge in [0.2, 0.25) is 5.91 Å². The molecule has 4 rings (SSSR count). The van der Waals surface area contributed by atoms with Crippen LogP contribution in [0, 0.1) is 0 Å². The quantitative estimate of drug-likeness (QED) is 0.338. The van der Waals surface area contributed by atoms with Crippen LogP contribution in [0.3, 0.4) is 0 Å². The summed E-state index contributed by atoms with van der Waals surface area (Å²) in [5.74, 6) is -1.68. The lowest BCUT2D eigenvalue weighted by Gasteiger charge is -2.14. The minimum Gasteiger partial charge on any atom is -0.480 e. The summed E-state index contributed by atoms with van der Waals surface area (Å²) < 4.78 is 5.52. The fraction of sp³-hybridized carbons (Fsp3) is 0.280. The molecule has 1 aliphatic rings. The van der Waals surface area contributed by atoms with Crippen LogP contribution in [-0.2, 0) is 20.7 Å². The highest BCUT2D eigenvalue weighted by Gasteiger charge is 2.29. The van der Waals surface area contributed by atoms with Gasteiger partial charge in [-0.1, -0.05) is 48.5 Å². The van der Waals surface area contributed by atoms with Crippen molar-refractivity contribution in [1.29, 1.82) is 0 Å². The molecule has 0 fully saturated rings. The smallest absolute Gasteiger partial charge is 0.413 e. The zero-order valence-corrected chi connectivity index (χ0v) is 19.6. The van der Waals surface area contributed by atoms with E-state index in [9.17, 15) is 14.4 Å². The number of thiazole rings is 1. The summed E-state index contributed by atoms with van der Waals surface area (Å²) in [6, 6.07) is 15.1. The number of aliphatic hydroxyl groups excluding tert-OH is 1. The molecule has 0 spiro atoms. The van der Waals surface area contributed by atoms with Crippen LogP contribution in [0.5, 0.6) is 0 Å².